The van der Waals surface area contributed by atoms with E-state index in [1.54, 1.807) is 6.92 Å². The van der Waals surface area contributed by atoms with Crippen molar-refractivity contribution >= 4 is 27.3 Å². The summed E-state index contributed by atoms with van der Waals surface area (Å²) in [5.41, 5.74) is 0.291. The number of hydrogen-bond acceptors (Lipinski definition) is 4. The summed E-state index contributed by atoms with van der Waals surface area (Å²) in [6.45, 7) is 4.84. The lowest BCUT2D eigenvalue weighted by Gasteiger charge is -2.06. The van der Waals surface area contributed by atoms with E-state index in [1.165, 1.54) is 29.5 Å². The van der Waals surface area contributed by atoms with Crippen molar-refractivity contribution in [1.82, 2.24) is 9.55 Å². The highest BCUT2D eigenvalue weighted by atomic mass is 32.1. The maximum absolute atomic E-state index is 13.3. The molecular formula is C17H15FN2O3S. The van der Waals surface area contributed by atoms with Gasteiger partial charge in [-0.3, -0.25) is 19.1 Å². The molecular weight excluding hydrogens is 331 g/mol. The molecule has 124 valence electrons. The van der Waals surface area contributed by atoms with Crippen molar-refractivity contribution in [3.8, 4) is 0 Å². The first-order valence-electron chi connectivity index (χ1n) is 7.31. The van der Waals surface area contributed by atoms with Crippen molar-refractivity contribution in [2.45, 2.75) is 27.3 Å². The Hall–Kier alpha value is -2.54. The molecule has 0 saturated carbocycles. The molecule has 0 radical (unpaired) electrons. The van der Waals surface area contributed by atoms with E-state index < -0.39 is 22.8 Å². The lowest BCUT2D eigenvalue weighted by Crippen LogP contribution is -2.37. The monoisotopic (exact) mass is 346 g/mol. The molecule has 0 aliphatic rings. The SMILES string of the molecule is Cc1cc(C(=O)Cn2c(=O)[nH]c3sc(C)c(C)c3c2=O)ccc1F. The fourth-order valence-corrected chi connectivity index (χ4v) is 3.60. The Morgan fingerprint density at radius 2 is 1.96 bits per heavy atom. The molecule has 0 aliphatic heterocycles. The van der Waals surface area contributed by atoms with E-state index in [-0.39, 0.29) is 12.1 Å². The highest BCUT2D eigenvalue weighted by Crippen LogP contribution is 2.24. The van der Waals surface area contributed by atoms with E-state index in [0.29, 0.717) is 15.8 Å². The Bertz CT molecular complexity index is 1090. The number of aromatic nitrogens is 2. The van der Waals surface area contributed by atoms with Gasteiger partial charge in [0.15, 0.2) is 5.78 Å². The molecule has 3 rings (SSSR count). The molecule has 1 aromatic carbocycles. The van der Waals surface area contributed by atoms with Gasteiger partial charge in [0.2, 0.25) is 0 Å². The average molecular weight is 346 g/mol. The van der Waals surface area contributed by atoms with Crippen LogP contribution in [0.15, 0.2) is 27.8 Å². The number of carbonyl (C=O) groups excluding carboxylic acids is 1. The Kier molecular flexibility index (Phi) is 3.96. The zero-order valence-corrected chi connectivity index (χ0v) is 14.2. The van der Waals surface area contributed by atoms with Crippen LogP contribution >= 0.6 is 11.3 Å². The summed E-state index contributed by atoms with van der Waals surface area (Å²) in [5.74, 6) is -0.831. The molecule has 2 heterocycles. The van der Waals surface area contributed by atoms with Crippen molar-refractivity contribution in [3.05, 3.63) is 66.4 Å². The molecule has 24 heavy (non-hydrogen) atoms. The highest BCUT2D eigenvalue weighted by molar-refractivity contribution is 7.18. The summed E-state index contributed by atoms with van der Waals surface area (Å²) in [6.07, 6.45) is 0. The summed E-state index contributed by atoms with van der Waals surface area (Å²) in [6, 6.07) is 3.96. The van der Waals surface area contributed by atoms with Crippen LogP contribution in [0.3, 0.4) is 0 Å². The number of benzene rings is 1. The number of halogens is 1. The molecule has 0 atom stereocenters. The first-order chi connectivity index (χ1) is 11.3. The zero-order valence-electron chi connectivity index (χ0n) is 13.4. The van der Waals surface area contributed by atoms with Crippen LogP contribution in [0, 0.1) is 26.6 Å². The summed E-state index contributed by atoms with van der Waals surface area (Å²) < 4.78 is 14.2. The van der Waals surface area contributed by atoms with E-state index in [9.17, 15) is 18.8 Å². The number of Topliss-reactive ketones (excluding diaryl/α,β-unsaturated/α-hetero) is 1. The molecule has 7 heteroatoms. The summed E-state index contributed by atoms with van der Waals surface area (Å²) in [4.78, 5) is 41.3. The maximum atomic E-state index is 13.3. The van der Waals surface area contributed by atoms with E-state index in [4.69, 9.17) is 0 Å². The second-order valence-electron chi connectivity index (χ2n) is 5.70. The minimum Gasteiger partial charge on any atom is -0.298 e. The van der Waals surface area contributed by atoms with E-state index in [0.717, 1.165) is 15.0 Å². The molecule has 3 aromatic rings. The Morgan fingerprint density at radius 1 is 1.25 bits per heavy atom. The Labute approximate surface area is 140 Å². The molecule has 0 spiro atoms. The number of nitrogens with zero attached hydrogens (tertiary/aromatic N) is 1. The number of H-pyrrole nitrogens is 1. The van der Waals surface area contributed by atoms with Gasteiger partial charge in [0.1, 0.15) is 10.6 Å². The lowest BCUT2D eigenvalue weighted by atomic mass is 10.1. The van der Waals surface area contributed by atoms with E-state index in [1.807, 2.05) is 13.8 Å². The van der Waals surface area contributed by atoms with Gasteiger partial charge >= 0.3 is 5.69 Å². The van der Waals surface area contributed by atoms with Gasteiger partial charge in [-0.25, -0.2) is 9.18 Å². The minimum absolute atomic E-state index is 0.263. The van der Waals surface area contributed by atoms with Gasteiger partial charge in [-0.1, -0.05) is 0 Å². The normalized spacial score (nSPS) is 11.2. The first-order valence-corrected chi connectivity index (χ1v) is 8.13. The second-order valence-corrected chi connectivity index (χ2v) is 6.92. The number of ketones is 1. The maximum Gasteiger partial charge on any atom is 0.329 e. The van der Waals surface area contributed by atoms with Crippen molar-refractivity contribution in [3.63, 3.8) is 0 Å². The van der Waals surface area contributed by atoms with Gasteiger partial charge in [0.05, 0.1) is 11.9 Å². The van der Waals surface area contributed by atoms with Gasteiger partial charge in [-0.2, -0.15) is 0 Å². The van der Waals surface area contributed by atoms with Gasteiger partial charge in [0.25, 0.3) is 5.56 Å². The predicted octanol–water partition coefficient (Wildman–Crippen LogP) is 2.70. The number of rotatable bonds is 3. The molecule has 2 aromatic heterocycles. The molecule has 0 saturated heterocycles. The number of fused-ring (bicyclic) bond motifs is 1. The topological polar surface area (TPSA) is 71.9 Å². The zero-order chi connectivity index (χ0) is 17.6. The smallest absolute Gasteiger partial charge is 0.298 e. The fraction of sp³-hybridized carbons (Fsp3) is 0.235. The van der Waals surface area contributed by atoms with Gasteiger partial charge in [-0.15, -0.1) is 11.3 Å². The molecule has 0 aliphatic carbocycles. The number of aryl methyl sites for hydroxylation is 3. The van der Waals surface area contributed by atoms with Crippen molar-refractivity contribution in [2.75, 3.05) is 0 Å². The number of hydrogen-bond donors (Lipinski definition) is 1. The summed E-state index contributed by atoms with van der Waals surface area (Å²) in [5, 5.41) is 0.431. The van der Waals surface area contributed by atoms with Crippen LogP contribution in [-0.2, 0) is 6.54 Å². The van der Waals surface area contributed by atoms with Crippen LogP contribution in [0.1, 0.15) is 26.4 Å². The predicted molar refractivity (Wildman–Crippen MR) is 91.6 cm³/mol. The number of thiophene rings is 1. The quantitative estimate of drug-likeness (QED) is 0.741. The van der Waals surface area contributed by atoms with Crippen LogP contribution in [0.25, 0.3) is 10.2 Å². The van der Waals surface area contributed by atoms with Crippen LogP contribution in [0.4, 0.5) is 4.39 Å². The molecule has 0 amide bonds. The number of nitrogens with one attached hydrogen (secondary N) is 1. The van der Waals surface area contributed by atoms with Crippen LogP contribution in [0.2, 0.25) is 0 Å². The van der Waals surface area contributed by atoms with E-state index >= 15 is 0 Å². The van der Waals surface area contributed by atoms with Crippen molar-refractivity contribution in [2.24, 2.45) is 0 Å². The van der Waals surface area contributed by atoms with Crippen LogP contribution in [-0.4, -0.2) is 15.3 Å². The van der Waals surface area contributed by atoms with E-state index in [2.05, 4.69) is 4.98 Å². The summed E-state index contributed by atoms with van der Waals surface area (Å²) >= 11 is 1.34. The fourth-order valence-electron chi connectivity index (χ4n) is 2.56. The molecule has 5 nitrogen and oxygen atoms in total. The Morgan fingerprint density at radius 3 is 2.62 bits per heavy atom. The third-order valence-electron chi connectivity index (χ3n) is 4.09. The summed E-state index contributed by atoms with van der Waals surface area (Å²) in [7, 11) is 0. The van der Waals surface area contributed by atoms with Crippen LogP contribution < -0.4 is 11.2 Å². The van der Waals surface area contributed by atoms with Crippen molar-refractivity contribution in [1.29, 1.82) is 0 Å². The van der Waals surface area contributed by atoms with Crippen LogP contribution in [0.5, 0.6) is 0 Å². The largest absolute Gasteiger partial charge is 0.329 e. The molecule has 1 N–H and O–H groups in total. The van der Waals surface area contributed by atoms with Crippen molar-refractivity contribution < 1.29 is 9.18 Å². The third kappa shape index (κ3) is 2.60. The lowest BCUT2D eigenvalue weighted by molar-refractivity contribution is 0.0969. The number of aromatic amines is 1. The molecule has 0 fully saturated rings. The Balaban J connectivity index is 2.08. The highest BCUT2D eigenvalue weighted by Gasteiger charge is 2.17. The third-order valence-corrected chi connectivity index (χ3v) is 5.21. The van der Waals surface area contributed by atoms with Gasteiger partial charge in [-0.05, 0) is 50.1 Å². The second kappa shape index (κ2) is 5.83. The standard InChI is InChI=1S/C17H15FN2O3S/c1-8-6-11(4-5-12(8)18)13(21)7-20-16(22)14-9(2)10(3)24-15(14)19-17(20)23/h4-6H,7H2,1-3H3,(H,19,23). The first kappa shape index (κ1) is 16.3. The minimum atomic E-state index is -0.624. The van der Waals surface area contributed by atoms with Gasteiger partial charge in [0, 0.05) is 10.4 Å². The molecule has 0 unspecified atom stereocenters. The number of carbonyl (C=O) groups is 1. The van der Waals surface area contributed by atoms with Gasteiger partial charge < -0.3 is 0 Å². The molecule has 0 bridgehead atoms. The average Bonchev–Trinajstić information content (AvgIpc) is 2.80.